The van der Waals surface area contributed by atoms with Gasteiger partial charge >= 0.3 is 0 Å². The Labute approximate surface area is 153 Å². The van der Waals surface area contributed by atoms with Crippen LogP contribution in [0.4, 0.5) is 0 Å². The number of benzene rings is 2. The lowest BCUT2D eigenvalue weighted by Crippen LogP contribution is -2.38. The van der Waals surface area contributed by atoms with Gasteiger partial charge in [0, 0.05) is 21.3 Å². The van der Waals surface area contributed by atoms with Gasteiger partial charge in [0.2, 0.25) is 0 Å². The van der Waals surface area contributed by atoms with Crippen molar-refractivity contribution in [3.8, 4) is 0 Å². The summed E-state index contributed by atoms with van der Waals surface area (Å²) in [4.78, 5) is 2.39. The van der Waals surface area contributed by atoms with Crippen molar-refractivity contribution in [2.24, 2.45) is 11.8 Å². The Kier molecular flexibility index (Phi) is 8.19. The van der Waals surface area contributed by atoms with Crippen LogP contribution in [0.15, 0.2) is 70.5 Å². The van der Waals surface area contributed by atoms with Gasteiger partial charge in [-0.3, -0.25) is 0 Å². The summed E-state index contributed by atoms with van der Waals surface area (Å²) in [5.74, 6) is 1.66. The molecular formula is C20H26O2S2. The summed E-state index contributed by atoms with van der Waals surface area (Å²) in [7, 11) is 0. The first-order chi connectivity index (χ1) is 11.6. The van der Waals surface area contributed by atoms with Gasteiger partial charge in [-0.1, -0.05) is 50.2 Å². The average Bonchev–Trinajstić information content (AvgIpc) is 2.64. The molecule has 0 aliphatic carbocycles. The van der Waals surface area contributed by atoms with Crippen LogP contribution in [0.2, 0.25) is 0 Å². The van der Waals surface area contributed by atoms with Gasteiger partial charge in [-0.25, -0.2) is 0 Å². The molecule has 2 N–H and O–H groups in total. The molecule has 0 aliphatic rings. The Morgan fingerprint density at radius 1 is 0.667 bits per heavy atom. The number of hydrogen-bond donors (Lipinski definition) is 2. The lowest BCUT2D eigenvalue weighted by atomic mass is 9.94. The predicted molar refractivity (Wildman–Crippen MR) is 105 cm³/mol. The summed E-state index contributed by atoms with van der Waals surface area (Å²) in [6, 6.07) is 20.3. The van der Waals surface area contributed by atoms with Crippen LogP contribution in [-0.4, -0.2) is 33.9 Å². The Bertz CT molecular complexity index is 523. The van der Waals surface area contributed by atoms with E-state index in [1.165, 1.54) is 9.79 Å². The second-order valence-electron chi connectivity index (χ2n) is 6.18. The van der Waals surface area contributed by atoms with Crippen LogP contribution in [-0.2, 0) is 0 Å². The van der Waals surface area contributed by atoms with Gasteiger partial charge in [-0.2, -0.15) is 0 Å². The van der Waals surface area contributed by atoms with E-state index in [9.17, 15) is 10.2 Å². The fraction of sp³-hybridized carbons (Fsp3) is 0.400. The van der Waals surface area contributed by atoms with Crippen molar-refractivity contribution in [3.63, 3.8) is 0 Å². The molecule has 0 aromatic heterocycles. The third kappa shape index (κ3) is 6.17. The van der Waals surface area contributed by atoms with Crippen molar-refractivity contribution in [3.05, 3.63) is 60.7 Å². The molecule has 2 nitrogen and oxygen atoms in total. The van der Waals surface area contributed by atoms with Gasteiger partial charge in [0.15, 0.2) is 0 Å². The predicted octanol–water partition coefficient (Wildman–Crippen LogP) is 4.57. The minimum Gasteiger partial charge on any atom is -0.390 e. The van der Waals surface area contributed by atoms with Gasteiger partial charge in [-0.05, 0) is 36.1 Å². The van der Waals surface area contributed by atoms with Crippen molar-refractivity contribution >= 4 is 23.5 Å². The summed E-state index contributed by atoms with van der Waals surface area (Å²) < 4.78 is 0. The van der Waals surface area contributed by atoms with Crippen molar-refractivity contribution < 1.29 is 10.2 Å². The normalized spacial score (nSPS) is 16.3. The second kappa shape index (κ2) is 10.1. The maximum Gasteiger partial charge on any atom is 0.0835 e. The third-order valence-electron chi connectivity index (χ3n) is 4.03. The Hall–Kier alpha value is -0.940. The number of aliphatic hydroxyl groups is 2. The number of aliphatic hydroxyl groups excluding tert-OH is 2. The van der Waals surface area contributed by atoms with E-state index in [0.29, 0.717) is 0 Å². The van der Waals surface area contributed by atoms with Crippen molar-refractivity contribution in [2.75, 3.05) is 11.5 Å². The molecule has 0 bridgehead atoms. The lowest BCUT2D eigenvalue weighted by molar-refractivity contribution is -0.0299. The molecule has 4 atom stereocenters. The lowest BCUT2D eigenvalue weighted by Gasteiger charge is -2.28. The van der Waals surface area contributed by atoms with Gasteiger partial charge < -0.3 is 10.2 Å². The number of rotatable bonds is 9. The third-order valence-corrected chi connectivity index (χ3v) is 6.62. The molecule has 130 valence electrons. The first-order valence-electron chi connectivity index (χ1n) is 8.29. The highest BCUT2D eigenvalue weighted by atomic mass is 32.2. The van der Waals surface area contributed by atoms with E-state index in [-0.39, 0.29) is 11.8 Å². The SMILES string of the molecule is CC(CSc1ccccc1)C(O)C(O)C(C)CSc1ccccc1. The molecular weight excluding hydrogens is 336 g/mol. The van der Waals surface area contributed by atoms with Crippen molar-refractivity contribution in [2.45, 2.75) is 35.8 Å². The Morgan fingerprint density at radius 3 is 1.33 bits per heavy atom. The van der Waals surface area contributed by atoms with Crippen LogP contribution in [0.1, 0.15) is 13.8 Å². The molecule has 0 saturated heterocycles. The molecule has 0 amide bonds. The van der Waals surface area contributed by atoms with Crippen LogP contribution in [0.25, 0.3) is 0 Å². The Balaban J connectivity index is 1.78. The van der Waals surface area contributed by atoms with Gasteiger partial charge in [-0.15, -0.1) is 23.5 Å². The van der Waals surface area contributed by atoms with Crippen LogP contribution in [0.5, 0.6) is 0 Å². The number of thioether (sulfide) groups is 2. The standard InChI is InChI=1S/C20H26O2S2/c1-15(13-23-17-9-5-3-6-10-17)19(21)20(22)16(2)14-24-18-11-7-4-8-12-18/h3-12,15-16,19-22H,13-14H2,1-2H3. The average molecular weight is 363 g/mol. The van der Waals surface area contributed by atoms with Crippen molar-refractivity contribution in [1.82, 2.24) is 0 Å². The molecule has 0 heterocycles. The fourth-order valence-corrected chi connectivity index (χ4v) is 4.36. The minimum absolute atomic E-state index is 0.0365. The van der Waals surface area contributed by atoms with E-state index in [0.717, 1.165) is 11.5 Å². The van der Waals surface area contributed by atoms with Crippen LogP contribution >= 0.6 is 23.5 Å². The monoisotopic (exact) mass is 362 g/mol. The summed E-state index contributed by atoms with van der Waals surface area (Å²) in [5.41, 5.74) is 0. The first kappa shape index (κ1) is 19.4. The second-order valence-corrected chi connectivity index (χ2v) is 8.37. The van der Waals surface area contributed by atoms with Gasteiger partial charge in [0.05, 0.1) is 12.2 Å². The largest absolute Gasteiger partial charge is 0.390 e. The molecule has 0 aliphatic heterocycles. The van der Waals surface area contributed by atoms with Gasteiger partial charge in [0.1, 0.15) is 0 Å². The quantitative estimate of drug-likeness (QED) is 0.641. The highest BCUT2D eigenvalue weighted by molar-refractivity contribution is 7.99. The molecule has 0 spiro atoms. The van der Waals surface area contributed by atoms with E-state index in [1.54, 1.807) is 23.5 Å². The van der Waals surface area contributed by atoms with Crippen LogP contribution in [0, 0.1) is 11.8 Å². The van der Waals surface area contributed by atoms with Crippen LogP contribution in [0.3, 0.4) is 0 Å². The molecule has 0 radical (unpaired) electrons. The van der Waals surface area contributed by atoms with E-state index in [1.807, 2.05) is 50.2 Å². The maximum absolute atomic E-state index is 10.5. The molecule has 2 aromatic rings. The topological polar surface area (TPSA) is 40.5 Å². The molecule has 2 rings (SSSR count). The summed E-state index contributed by atoms with van der Waals surface area (Å²) >= 11 is 3.44. The molecule has 4 heteroatoms. The minimum atomic E-state index is -0.701. The summed E-state index contributed by atoms with van der Waals surface area (Å²) in [6.45, 7) is 4.00. The summed E-state index contributed by atoms with van der Waals surface area (Å²) in [6.07, 6.45) is -1.40. The van der Waals surface area contributed by atoms with E-state index in [2.05, 4.69) is 24.3 Å². The molecule has 24 heavy (non-hydrogen) atoms. The molecule has 4 unspecified atom stereocenters. The van der Waals surface area contributed by atoms with E-state index < -0.39 is 12.2 Å². The zero-order chi connectivity index (χ0) is 17.4. The van der Waals surface area contributed by atoms with Crippen molar-refractivity contribution in [1.29, 1.82) is 0 Å². The van der Waals surface area contributed by atoms with Crippen LogP contribution < -0.4 is 0 Å². The highest BCUT2D eigenvalue weighted by Crippen LogP contribution is 2.27. The first-order valence-corrected chi connectivity index (χ1v) is 10.3. The number of hydrogen-bond acceptors (Lipinski definition) is 4. The Morgan fingerprint density at radius 2 is 1.00 bits per heavy atom. The van der Waals surface area contributed by atoms with E-state index in [4.69, 9.17) is 0 Å². The zero-order valence-electron chi connectivity index (χ0n) is 14.2. The van der Waals surface area contributed by atoms with E-state index >= 15 is 0 Å². The molecule has 0 saturated carbocycles. The summed E-state index contributed by atoms with van der Waals surface area (Å²) in [5, 5.41) is 20.9. The maximum atomic E-state index is 10.5. The fourth-order valence-electron chi connectivity index (χ4n) is 2.36. The molecule has 0 fully saturated rings. The zero-order valence-corrected chi connectivity index (χ0v) is 15.8. The smallest absolute Gasteiger partial charge is 0.0835 e. The molecule has 2 aromatic carbocycles. The van der Waals surface area contributed by atoms with Gasteiger partial charge in [0.25, 0.3) is 0 Å². The highest BCUT2D eigenvalue weighted by Gasteiger charge is 2.27.